The fourth-order valence-electron chi connectivity index (χ4n) is 5.36. The number of likely N-dealkylation sites (tertiary alicyclic amines) is 1. The van der Waals surface area contributed by atoms with Crippen molar-refractivity contribution in [3.8, 4) is 0 Å². The molecule has 1 amide bonds. The minimum absolute atomic E-state index is 0.179. The monoisotopic (exact) mass is 399 g/mol. The van der Waals surface area contributed by atoms with E-state index in [1.165, 1.54) is 37.8 Å². The molecule has 0 radical (unpaired) electrons. The van der Waals surface area contributed by atoms with Crippen LogP contribution in [0.3, 0.4) is 0 Å². The summed E-state index contributed by atoms with van der Waals surface area (Å²) < 4.78 is 5.36. The molecule has 2 aliphatic heterocycles. The first kappa shape index (κ1) is 20.8. The highest BCUT2D eigenvalue weighted by Crippen LogP contribution is 2.38. The summed E-state index contributed by atoms with van der Waals surface area (Å²) in [7, 11) is 0. The molecule has 0 spiro atoms. The van der Waals surface area contributed by atoms with Crippen LogP contribution in [0.4, 0.5) is 0 Å². The third-order valence-corrected chi connectivity index (χ3v) is 7.08. The molecule has 1 aliphatic carbocycles. The molecule has 1 aromatic carbocycles. The first-order valence-corrected chi connectivity index (χ1v) is 11.6. The number of nitrogens with zero attached hydrogens (tertiary/aromatic N) is 2. The van der Waals surface area contributed by atoms with Crippen molar-refractivity contribution in [2.75, 3.05) is 52.5 Å². The molecule has 29 heavy (non-hydrogen) atoms. The average molecular weight is 400 g/mol. The van der Waals surface area contributed by atoms with Gasteiger partial charge in [-0.05, 0) is 43.1 Å². The fraction of sp³-hybridized carbons (Fsp3) is 0.708. The molecular formula is C24H37N3O2. The highest BCUT2D eigenvalue weighted by Gasteiger charge is 2.30. The first-order valence-electron chi connectivity index (χ1n) is 11.6. The van der Waals surface area contributed by atoms with E-state index in [1.807, 2.05) is 0 Å². The topological polar surface area (TPSA) is 44.8 Å². The van der Waals surface area contributed by atoms with E-state index in [4.69, 9.17) is 4.74 Å². The van der Waals surface area contributed by atoms with Crippen LogP contribution in [-0.4, -0.2) is 74.2 Å². The summed E-state index contributed by atoms with van der Waals surface area (Å²) in [6.07, 6.45) is 7.69. The summed E-state index contributed by atoms with van der Waals surface area (Å²) in [5.41, 5.74) is 1.51. The maximum Gasteiger partial charge on any atom is 0.234 e. The van der Waals surface area contributed by atoms with Crippen molar-refractivity contribution in [2.24, 2.45) is 5.92 Å². The molecule has 2 saturated heterocycles. The molecule has 3 aliphatic rings. The minimum atomic E-state index is 0.179. The van der Waals surface area contributed by atoms with Crippen LogP contribution in [0.25, 0.3) is 0 Å². The zero-order chi connectivity index (χ0) is 19.9. The number of hydrogen-bond donors (Lipinski definition) is 1. The van der Waals surface area contributed by atoms with Gasteiger partial charge >= 0.3 is 0 Å². The number of ether oxygens (including phenoxy) is 1. The van der Waals surface area contributed by atoms with E-state index in [0.717, 1.165) is 58.2 Å². The van der Waals surface area contributed by atoms with E-state index in [2.05, 4.69) is 45.4 Å². The molecule has 1 N–H and O–H groups in total. The Hall–Kier alpha value is -1.43. The van der Waals surface area contributed by atoms with Gasteiger partial charge in [-0.15, -0.1) is 0 Å². The van der Waals surface area contributed by atoms with Crippen LogP contribution < -0.4 is 5.32 Å². The van der Waals surface area contributed by atoms with Gasteiger partial charge in [-0.25, -0.2) is 0 Å². The van der Waals surface area contributed by atoms with Crippen LogP contribution in [0.5, 0.6) is 0 Å². The van der Waals surface area contributed by atoms with E-state index >= 15 is 0 Å². The van der Waals surface area contributed by atoms with Crippen LogP contribution in [0, 0.1) is 5.92 Å². The van der Waals surface area contributed by atoms with Gasteiger partial charge in [0.25, 0.3) is 0 Å². The molecule has 4 rings (SSSR count). The summed E-state index contributed by atoms with van der Waals surface area (Å²) in [6, 6.07) is 11.5. The Kier molecular flexibility index (Phi) is 7.58. The lowest BCUT2D eigenvalue weighted by molar-refractivity contribution is -0.124. The van der Waals surface area contributed by atoms with Crippen LogP contribution in [0.1, 0.15) is 50.0 Å². The Labute approximate surface area is 175 Å². The Morgan fingerprint density at radius 3 is 2.34 bits per heavy atom. The Balaban J connectivity index is 1.24. The number of carbonyl (C=O) groups excluding carboxylic acids is 1. The summed E-state index contributed by atoms with van der Waals surface area (Å²) >= 11 is 0. The number of hydrogen-bond acceptors (Lipinski definition) is 4. The zero-order valence-corrected chi connectivity index (χ0v) is 17.7. The van der Waals surface area contributed by atoms with Crippen LogP contribution >= 0.6 is 0 Å². The lowest BCUT2D eigenvalue weighted by Crippen LogP contribution is -2.49. The SMILES string of the molecule is O=C(CN1CCOCC1)NC1CCN(CC(c2ccccc2)C2CCCC2)CC1. The molecule has 5 nitrogen and oxygen atoms in total. The lowest BCUT2D eigenvalue weighted by Gasteiger charge is -2.36. The summed E-state index contributed by atoms with van der Waals surface area (Å²) in [5, 5.41) is 3.28. The van der Waals surface area contributed by atoms with E-state index < -0.39 is 0 Å². The second-order valence-corrected chi connectivity index (χ2v) is 9.09. The van der Waals surface area contributed by atoms with Crippen molar-refractivity contribution in [3.63, 3.8) is 0 Å². The number of carbonyl (C=O) groups is 1. The smallest absolute Gasteiger partial charge is 0.234 e. The summed E-state index contributed by atoms with van der Waals surface area (Å²) in [6.45, 7) is 7.11. The molecule has 5 heteroatoms. The highest BCUT2D eigenvalue weighted by molar-refractivity contribution is 5.78. The van der Waals surface area contributed by atoms with Crippen molar-refractivity contribution >= 4 is 5.91 Å². The van der Waals surface area contributed by atoms with Crippen molar-refractivity contribution in [3.05, 3.63) is 35.9 Å². The van der Waals surface area contributed by atoms with Crippen LogP contribution in [0.15, 0.2) is 30.3 Å². The Morgan fingerprint density at radius 2 is 1.66 bits per heavy atom. The van der Waals surface area contributed by atoms with Gasteiger partial charge in [-0.2, -0.15) is 0 Å². The van der Waals surface area contributed by atoms with E-state index in [0.29, 0.717) is 18.5 Å². The predicted molar refractivity (Wildman–Crippen MR) is 116 cm³/mol. The molecule has 2 heterocycles. The van der Waals surface area contributed by atoms with Gasteiger partial charge in [0.05, 0.1) is 19.8 Å². The second kappa shape index (κ2) is 10.6. The van der Waals surface area contributed by atoms with E-state index in [9.17, 15) is 4.79 Å². The van der Waals surface area contributed by atoms with Crippen molar-refractivity contribution in [1.29, 1.82) is 0 Å². The second-order valence-electron chi connectivity index (χ2n) is 9.09. The van der Waals surface area contributed by atoms with Crippen molar-refractivity contribution in [2.45, 2.75) is 50.5 Å². The molecule has 0 aromatic heterocycles. The van der Waals surface area contributed by atoms with E-state index in [-0.39, 0.29) is 5.91 Å². The van der Waals surface area contributed by atoms with Gasteiger partial charge in [0.1, 0.15) is 0 Å². The lowest BCUT2D eigenvalue weighted by atomic mass is 9.84. The van der Waals surface area contributed by atoms with Gasteiger partial charge < -0.3 is 15.0 Å². The normalized spacial score (nSPS) is 23.9. The first-order chi connectivity index (χ1) is 14.3. The minimum Gasteiger partial charge on any atom is -0.379 e. The zero-order valence-electron chi connectivity index (χ0n) is 17.7. The third kappa shape index (κ3) is 6.03. The Bertz CT molecular complexity index is 618. The third-order valence-electron chi connectivity index (χ3n) is 7.08. The molecule has 1 atom stereocenters. The quantitative estimate of drug-likeness (QED) is 0.766. The maximum absolute atomic E-state index is 12.4. The Morgan fingerprint density at radius 1 is 0.966 bits per heavy atom. The van der Waals surface area contributed by atoms with Crippen molar-refractivity contribution in [1.82, 2.24) is 15.1 Å². The standard InChI is InChI=1S/C24H37N3O2/c28-24(19-27-14-16-29-17-15-27)25-22-10-12-26(13-11-22)18-23(21-8-4-5-9-21)20-6-2-1-3-7-20/h1-3,6-7,21-23H,4-5,8-19H2,(H,25,28). The molecule has 1 saturated carbocycles. The highest BCUT2D eigenvalue weighted by atomic mass is 16.5. The van der Waals surface area contributed by atoms with Crippen LogP contribution in [-0.2, 0) is 9.53 Å². The predicted octanol–water partition coefficient (Wildman–Crippen LogP) is 2.87. The van der Waals surface area contributed by atoms with Crippen molar-refractivity contribution < 1.29 is 9.53 Å². The molecule has 3 fully saturated rings. The molecule has 1 unspecified atom stereocenters. The fourth-order valence-corrected chi connectivity index (χ4v) is 5.36. The van der Waals surface area contributed by atoms with Gasteiger partial charge in [-0.3, -0.25) is 9.69 Å². The molecule has 160 valence electrons. The summed E-state index contributed by atoms with van der Waals surface area (Å²) in [5.74, 6) is 1.67. The van der Waals surface area contributed by atoms with Gasteiger partial charge in [0.15, 0.2) is 0 Å². The number of amides is 1. The summed E-state index contributed by atoms with van der Waals surface area (Å²) in [4.78, 5) is 17.2. The average Bonchev–Trinajstić information content (AvgIpc) is 3.29. The van der Waals surface area contributed by atoms with Gasteiger partial charge in [0, 0.05) is 38.8 Å². The molecule has 0 bridgehead atoms. The van der Waals surface area contributed by atoms with Gasteiger partial charge in [0.2, 0.25) is 5.91 Å². The van der Waals surface area contributed by atoms with Gasteiger partial charge in [-0.1, -0.05) is 43.2 Å². The molecule has 1 aromatic rings. The molecular weight excluding hydrogens is 362 g/mol. The number of benzene rings is 1. The van der Waals surface area contributed by atoms with Crippen LogP contribution in [0.2, 0.25) is 0 Å². The number of piperidine rings is 1. The maximum atomic E-state index is 12.4. The largest absolute Gasteiger partial charge is 0.379 e. The number of morpholine rings is 1. The number of rotatable bonds is 7. The number of nitrogens with one attached hydrogen (secondary N) is 1. The van der Waals surface area contributed by atoms with E-state index in [1.54, 1.807) is 0 Å².